The SMILES string of the molecule is CCCCN(C(=O)C(Cc1ccc(O)cc1)NC(=O)OC(C)(C)C)C(C(=O)Nc1ccccc1C)c1ccc(C)c(C)c1. The number of phenolic OH excluding ortho intramolecular Hbond substituents is 1. The van der Waals surface area contributed by atoms with Crippen LogP contribution in [-0.2, 0) is 20.7 Å². The molecule has 0 saturated heterocycles. The molecule has 3 amide bonds. The quantitative estimate of drug-likeness (QED) is 0.230. The molecule has 0 aliphatic heterocycles. The number of carbonyl (C=O) groups excluding carboxylic acids is 3. The van der Waals surface area contributed by atoms with E-state index in [1.807, 2.05) is 70.2 Å². The highest BCUT2D eigenvalue weighted by atomic mass is 16.6. The van der Waals surface area contributed by atoms with Crippen molar-refractivity contribution >= 4 is 23.6 Å². The molecule has 8 heteroatoms. The number of rotatable bonds is 11. The molecule has 3 aromatic rings. The summed E-state index contributed by atoms with van der Waals surface area (Å²) in [6, 6.07) is 17.8. The Morgan fingerprint density at radius 2 is 1.58 bits per heavy atom. The van der Waals surface area contributed by atoms with Crippen LogP contribution in [0.2, 0.25) is 0 Å². The molecule has 3 rings (SSSR count). The number of anilines is 1. The van der Waals surface area contributed by atoms with E-state index in [4.69, 9.17) is 4.74 Å². The van der Waals surface area contributed by atoms with Crippen LogP contribution in [0.25, 0.3) is 0 Å². The van der Waals surface area contributed by atoms with Crippen molar-refractivity contribution in [1.82, 2.24) is 10.2 Å². The van der Waals surface area contributed by atoms with Crippen LogP contribution in [0.5, 0.6) is 5.75 Å². The molecule has 0 fully saturated rings. The number of aromatic hydroxyl groups is 1. The molecular weight excluding hydrogens is 542 g/mol. The molecule has 0 spiro atoms. The Morgan fingerprint density at radius 1 is 0.907 bits per heavy atom. The number of aryl methyl sites for hydroxylation is 3. The number of nitrogens with one attached hydrogen (secondary N) is 2. The number of nitrogens with zero attached hydrogens (tertiary/aromatic N) is 1. The summed E-state index contributed by atoms with van der Waals surface area (Å²) in [5.74, 6) is -0.655. The van der Waals surface area contributed by atoms with Crippen LogP contribution in [0.3, 0.4) is 0 Å². The Balaban J connectivity index is 2.09. The Hall–Kier alpha value is -4.33. The van der Waals surface area contributed by atoms with Crippen molar-refractivity contribution in [2.45, 2.75) is 85.4 Å². The lowest BCUT2D eigenvalue weighted by molar-refractivity contribution is -0.140. The van der Waals surface area contributed by atoms with E-state index in [9.17, 15) is 19.5 Å². The number of unbranched alkanes of at least 4 members (excludes halogenated alkanes) is 1. The van der Waals surface area contributed by atoms with Gasteiger partial charge in [0.15, 0.2) is 0 Å². The third-order valence-electron chi connectivity index (χ3n) is 7.21. The second-order valence-corrected chi connectivity index (χ2v) is 12.0. The smallest absolute Gasteiger partial charge is 0.408 e. The first-order valence-corrected chi connectivity index (χ1v) is 14.8. The number of carbonyl (C=O) groups is 3. The second kappa shape index (κ2) is 14.7. The maximum absolute atomic E-state index is 14.5. The maximum Gasteiger partial charge on any atom is 0.408 e. The Labute approximate surface area is 255 Å². The number of benzene rings is 3. The summed E-state index contributed by atoms with van der Waals surface area (Å²) in [6.07, 6.45) is 0.862. The molecule has 3 aromatic carbocycles. The summed E-state index contributed by atoms with van der Waals surface area (Å²) in [7, 11) is 0. The van der Waals surface area contributed by atoms with Crippen LogP contribution in [0, 0.1) is 20.8 Å². The topological polar surface area (TPSA) is 108 Å². The average molecular weight is 588 g/mol. The summed E-state index contributed by atoms with van der Waals surface area (Å²) in [6.45, 7) is 13.5. The summed E-state index contributed by atoms with van der Waals surface area (Å²) in [5.41, 5.74) is 4.28. The molecular formula is C35H45N3O5. The third-order valence-corrected chi connectivity index (χ3v) is 7.21. The van der Waals surface area contributed by atoms with Crippen LogP contribution in [0.1, 0.15) is 74.4 Å². The van der Waals surface area contributed by atoms with Gasteiger partial charge in [0.05, 0.1) is 0 Å². The van der Waals surface area contributed by atoms with Crippen molar-refractivity contribution in [3.63, 3.8) is 0 Å². The maximum atomic E-state index is 14.5. The first-order chi connectivity index (χ1) is 20.3. The molecule has 0 radical (unpaired) electrons. The van der Waals surface area contributed by atoms with Gasteiger partial charge in [-0.1, -0.05) is 61.9 Å². The van der Waals surface area contributed by atoms with Gasteiger partial charge in [-0.25, -0.2) is 4.79 Å². The summed E-state index contributed by atoms with van der Waals surface area (Å²) < 4.78 is 5.51. The first kappa shape index (κ1) is 33.2. The summed E-state index contributed by atoms with van der Waals surface area (Å²) >= 11 is 0. The van der Waals surface area contributed by atoms with Gasteiger partial charge in [-0.2, -0.15) is 0 Å². The predicted molar refractivity (Wildman–Crippen MR) is 170 cm³/mol. The van der Waals surface area contributed by atoms with Crippen LogP contribution in [0.4, 0.5) is 10.5 Å². The molecule has 0 saturated carbocycles. The van der Waals surface area contributed by atoms with Gasteiger partial charge in [-0.15, -0.1) is 0 Å². The van der Waals surface area contributed by atoms with Crippen molar-refractivity contribution < 1.29 is 24.2 Å². The van der Waals surface area contributed by atoms with Crippen molar-refractivity contribution in [1.29, 1.82) is 0 Å². The Bertz CT molecular complexity index is 1410. The van der Waals surface area contributed by atoms with Gasteiger partial charge in [-0.3, -0.25) is 9.59 Å². The number of hydrogen-bond donors (Lipinski definition) is 3. The van der Waals surface area contributed by atoms with Crippen LogP contribution in [0.15, 0.2) is 66.7 Å². The fourth-order valence-corrected chi connectivity index (χ4v) is 4.73. The van der Waals surface area contributed by atoms with Gasteiger partial charge < -0.3 is 25.4 Å². The molecule has 3 N–H and O–H groups in total. The van der Waals surface area contributed by atoms with Crippen molar-refractivity contribution in [2.75, 3.05) is 11.9 Å². The standard InChI is InChI=1S/C35H45N3O5/c1-8-9-20-38(33(41)30(37-34(42)43-35(5,6)7)22-26-15-18-28(39)19-16-26)31(27-17-14-23(2)25(4)21-27)32(40)36-29-13-11-10-12-24(29)3/h10-19,21,30-31,39H,8-9,20,22H2,1-7H3,(H,36,40)(H,37,42). The van der Waals surface area contributed by atoms with Gasteiger partial charge in [0.25, 0.3) is 5.91 Å². The van der Waals surface area contributed by atoms with Crippen molar-refractivity contribution in [2.24, 2.45) is 0 Å². The lowest BCUT2D eigenvalue weighted by Gasteiger charge is -2.35. The molecule has 0 aromatic heterocycles. The van der Waals surface area contributed by atoms with E-state index in [1.54, 1.807) is 37.8 Å². The number of alkyl carbamates (subject to hydrolysis) is 1. The Morgan fingerprint density at radius 3 is 2.19 bits per heavy atom. The van der Waals surface area contributed by atoms with E-state index in [0.29, 0.717) is 24.2 Å². The van der Waals surface area contributed by atoms with Crippen LogP contribution >= 0.6 is 0 Å². The van der Waals surface area contributed by atoms with E-state index >= 15 is 0 Å². The highest BCUT2D eigenvalue weighted by Crippen LogP contribution is 2.28. The monoisotopic (exact) mass is 587 g/mol. The number of amides is 3. The molecule has 2 unspecified atom stereocenters. The van der Waals surface area contributed by atoms with Crippen LogP contribution < -0.4 is 10.6 Å². The molecule has 2 atom stereocenters. The zero-order valence-electron chi connectivity index (χ0n) is 26.4. The molecule has 0 aliphatic carbocycles. The first-order valence-electron chi connectivity index (χ1n) is 14.8. The van der Waals surface area contributed by atoms with E-state index in [0.717, 1.165) is 28.7 Å². The van der Waals surface area contributed by atoms with Gasteiger partial charge in [0.1, 0.15) is 23.4 Å². The zero-order valence-corrected chi connectivity index (χ0v) is 26.4. The summed E-state index contributed by atoms with van der Waals surface area (Å²) in [4.78, 5) is 43.2. The highest BCUT2D eigenvalue weighted by Gasteiger charge is 2.36. The third kappa shape index (κ3) is 9.60. The molecule has 8 nitrogen and oxygen atoms in total. The molecule has 43 heavy (non-hydrogen) atoms. The van der Waals surface area contributed by atoms with E-state index in [1.165, 1.54) is 12.1 Å². The van der Waals surface area contributed by atoms with Crippen molar-refractivity contribution in [3.05, 3.63) is 94.5 Å². The van der Waals surface area contributed by atoms with Gasteiger partial charge in [-0.05, 0) is 94.0 Å². The van der Waals surface area contributed by atoms with Gasteiger partial charge >= 0.3 is 6.09 Å². The minimum Gasteiger partial charge on any atom is -0.508 e. The fourth-order valence-electron chi connectivity index (χ4n) is 4.73. The van der Waals surface area contributed by atoms with Crippen molar-refractivity contribution in [3.8, 4) is 5.75 Å². The normalized spacial score (nSPS) is 12.6. The molecule has 0 bridgehead atoms. The zero-order chi connectivity index (χ0) is 31.7. The second-order valence-electron chi connectivity index (χ2n) is 12.0. The van der Waals surface area contributed by atoms with E-state index < -0.39 is 29.7 Å². The minimum atomic E-state index is -1.03. The lowest BCUT2D eigenvalue weighted by Crippen LogP contribution is -2.53. The fraction of sp³-hybridized carbons (Fsp3) is 0.400. The van der Waals surface area contributed by atoms with Gasteiger partial charge in [0.2, 0.25) is 5.91 Å². The number of phenols is 1. The Kier molecular flexibility index (Phi) is 11.4. The molecule has 0 heterocycles. The molecule has 230 valence electrons. The largest absolute Gasteiger partial charge is 0.508 e. The van der Waals surface area contributed by atoms with E-state index in [2.05, 4.69) is 10.6 Å². The average Bonchev–Trinajstić information content (AvgIpc) is 2.93. The number of ether oxygens (including phenoxy) is 1. The molecule has 0 aliphatic rings. The predicted octanol–water partition coefficient (Wildman–Crippen LogP) is 6.76. The van der Waals surface area contributed by atoms with Crippen LogP contribution in [-0.4, -0.2) is 46.1 Å². The minimum absolute atomic E-state index is 0.0963. The highest BCUT2D eigenvalue weighted by molar-refractivity contribution is 5.99. The van der Waals surface area contributed by atoms with Gasteiger partial charge in [0, 0.05) is 18.7 Å². The summed E-state index contributed by atoms with van der Waals surface area (Å²) in [5, 5.41) is 15.6. The number of hydrogen-bond acceptors (Lipinski definition) is 5. The lowest BCUT2D eigenvalue weighted by atomic mass is 9.97. The van der Waals surface area contributed by atoms with E-state index in [-0.39, 0.29) is 18.1 Å². The number of para-hydroxylation sites is 1.